The molecule has 5 heteroatoms. The van der Waals surface area contributed by atoms with Crippen LogP contribution in [0.2, 0.25) is 0 Å². The first kappa shape index (κ1) is 13.1. The molecule has 1 aromatic heterocycles. The van der Waals surface area contributed by atoms with E-state index in [-0.39, 0.29) is 0 Å². The molecule has 0 N–H and O–H groups in total. The number of rotatable bonds is 4. The molecule has 0 saturated heterocycles. The number of aryl methyl sites for hydroxylation is 1. The van der Waals surface area contributed by atoms with Crippen LogP contribution in [0.15, 0.2) is 28.1 Å². The van der Waals surface area contributed by atoms with Gasteiger partial charge in [-0.2, -0.15) is 0 Å². The maximum atomic E-state index is 5.71. The van der Waals surface area contributed by atoms with Crippen LogP contribution in [0.25, 0.3) is 0 Å². The maximum Gasteiger partial charge on any atom is 0.131 e. The SMILES string of the molecule is Cc1nc(COc2ccc(Br)c(CBr)c2)cs1. The Labute approximate surface area is 121 Å². The van der Waals surface area contributed by atoms with Crippen molar-refractivity contribution in [1.29, 1.82) is 0 Å². The van der Waals surface area contributed by atoms with Crippen LogP contribution in [0.5, 0.6) is 5.75 Å². The van der Waals surface area contributed by atoms with Crippen molar-refractivity contribution in [1.82, 2.24) is 4.98 Å². The fraction of sp³-hybridized carbons (Fsp3) is 0.250. The van der Waals surface area contributed by atoms with Gasteiger partial charge < -0.3 is 4.74 Å². The molecule has 0 spiro atoms. The van der Waals surface area contributed by atoms with Crippen molar-refractivity contribution in [2.24, 2.45) is 0 Å². The zero-order chi connectivity index (χ0) is 12.3. The molecular weight excluding hydrogens is 366 g/mol. The molecule has 0 atom stereocenters. The number of thiazole rings is 1. The largest absolute Gasteiger partial charge is 0.487 e. The summed E-state index contributed by atoms with van der Waals surface area (Å²) in [5.74, 6) is 0.869. The molecule has 0 amide bonds. The lowest BCUT2D eigenvalue weighted by Crippen LogP contribution is -1.96. The predicted molar refractivity (Wildman–Crippen MR) is 78.0 cm³/mol. The van der Waals surface area contributed by atoms with Crippen molar-refractivity contribution < 1.29 is 4.74 Å². The van der Waals surface area contributed by atoms with E-state index in [9.17, 15) is 0 Å². The number of aromatic nitrogens is 1. The van der Waals surface area contributed by atoms with Gasteiger partial charge in [0.25, 0.3) is 0 Å². The van der Waals surface area contributed by atoms with Gasteiger partial charge in [-0.05, 0) is 30.7 Å². The molecule has 0 fully saturated rings. The van der Waals surface area contributed by atoms with Gasteiger partial charge in [-0.1, -0.05) is 31.9 Å². The Kier molecular flexibility index (Phi) is 4.59. The van der Waals surface area contributed by atoms with Gasteiger partial charge >= 0.3 is 0 Å². The molecule has 0 radical (unpaired) electrons. The van der Waals surface area contributed by atoms with E-state index in [0.717, 1.165) is 26.3 Å². The highest BCUT2D eigenvalue weighted by Gasteiger charge is 2.03. The molecule has 17 heavy (non-hydrogen) atoms. The van der Waals surface area contributed by atoms with Crippen LogP contribution >= 0.6 is 43.2 Å². The van der Waals surface area contributed by atoms with E-state index >= 15 is 0 Å². The van der Waals surface area contributed by atoms with E-state index in [1.165, 1.54) is 5.56 Å². The summed E-state index contributed by atoms with van der Waals surface area (Å²) in [6, 6.07) is 5.98. The molecule has 1 aromatic carbocycles. The zero-order valence-corrected chi connectivity index (χ0v) is 13.2. The fourth-order valence-electron chi connectivity index (χ4n) is 1.38. The van der Waals surface area contributed by atoms with Crippen LogP contribution in [0, 0.1) is 6.92 Å². The standard InChI is InChI=1S/C12H11Br2NOS/c1-8-15-10(7-17-8)6-16-11-2-3-12(14)9(4-11)5-13/h2-4,7H,5-6H2,1H3. The van der Waals surface area contributed by atoms with Gasteiger partial charge in [0.1, 0.15) is 12.4 Å². The zero-order valence-electron chi connectivity index (χ0n) is 9.24. The van der Waals surface area contributed by atoms with Gasteiger partial charge in [0.2, 0.25) is 0 Å². The topological polar surface area (TPSA) is 22.1 Å². The Bertz CT molecular complexity index is 513. The maximum absolute atomic E-state index is 5.71. The van der Waals surface area contributed by atoms with Crippen molar-refractivity contribution in [3.63, 3.8) is 0 Å². The van der Waals surface area contributed by atoms with Gasteiger partial charge in [0, 0.05) is 15.2 Å². The molecule has 2 nitrogen and oxygen atoms in total. The average Bonchev–Trinajstić information content (AvgIpc) is 2.74. The van der Waals surface area contributed by atoms with Crippen LogP contribution in [-0.4, -0.2) is 4.98 Å². The summed E-state index contributed by atoms with van der Waals surface area (Å²) in [6.07, 6.45) is 0. The van der Waals surface area contributed by atoms with Crippen molar-refractivity contribution in [3.05, 3.63) is 44.3 Å². The first-order chi connectivity index (χ1) is 8.19. The van der Waals surface area contributed by atoms with E-state index < -0.39 is 0 Å². The first-order valence-electron chi connectivity index (χ1n) is 5.07. The van der Waals surface area contributed by atoms with Gasteiger partial charge in [-0.15, -0.1) is 11.3 Å². The van der Waals surface area contributed by atoms with Gasteiger partial charge in [-0.3, -0.25) is 0 Å². The molecule has 0 aliphatic rings. The smallest absolute Gasteiger partial charge is 0.131 e. The number of benzene rings is 1. The Balaban J connectivity index is 2.04. The molecule has 0 bridgehead atoms. The van der Waals surface area contributed by atoms with Gasteiger partial charge in [0.15, 0.2) is 0 Å². The van der Waals surface area contributed by atoms with Crippen molar-refractivity contribution >= 4 is 43.2 Å². The summed E-state index contributed by atoms with van der Waals surface area (Å²) >= 11 is 8.58. The number of hydrogen-bond donors (Lipinski definition) is 0. The second-order valence-electron chi connectivity index (χ2n) is 3.53. The Morgan fingerprint density at radius 1 is 1.41 bits per heavy atom. The lowest BCUT2D eigenvalue weighted by Gasteiger charge is -2.07. The highest BCUT2D eigenvalue weighted by Crippen LogP contribution is 2.25. The number of hydrogen-bond acceptors (Lipinski definition) is 3. The van der Waals surface area contributed by atoms with E-state index in [1.807, 2.05) is 30.5 Å². The Morgan fingerprint density at radius 3 is 2.88 bits per heavy atom. The molecule has 0 aliphatic heterocycles. The fourth-order valence-corrected chi connectivity index (χ4v) is 3.20. The predicted octanol–water partition coefficient (Wildman–Crippen LogP) is 4.69. The Hall–Kier alpha value is -0.390. The third-order valence-corrected chi connectivity index (χ3v) is 4.41. The van der Waals surface area contributed by atoms with Crippen LogP contribution in [0.3, 0.4) is 0 Å². The van der Waals surface area contributed by atoms with Gasteiger partial charge in [-0.25, -0.2) is 4.98 Å². The van der Waals surface area contributed by atoms with Crippen molar-refractivity contribution in [2.45, 2.75) is 18.9 Å². The molecule has 2 aromatic rings. The lowest BCUT2D eigenvalue weighted by molar-refractivity contribution is 0.301. The minimum Gasteiger partial charge on any atom is -0.487 e. The minimum absolute atomic E-state index is 0.522. The van der Waals surface area contributed by atoms with Crippen molar-refractivity contribution in [2.75, 3.05) is 0 Å². The Morgan fingerprint density at radius 2 is 2.24 bits per heavy atom. The molecule has 0 unspecified atom stereocenters. The number of alkyl halides is 1. The highest BCUT2D eigenvalue weighted by atomic mass is 79.9. The van der Waals surface area contributed by atoms with E-state index in [1.54, 1.807) is 11.3 Å². The quantitative estimate of drug-likeness (QED) is 0.722. The number of nitrogens with zero attached hydrogens (tertiary/aromatic N) is 1. The summed E-state index contributed by atoms with van der Waals surface area (Å²) in [5.41, 5.74) is 2.16. The number of halogens is 2. The summed E-state index contributed by atoms with van der Waals surface area (Å²) < 4.78 is 6.79. The third kappa shape index (κ3) is 3.53. The van der Waals surface area contributed by atoms with E-state index in [0.29, 0.717) is 6.61 Å². The minimum atomic E-state index is 0.522. The summed E-state index contributed by atoms with van der Waals surface area (Å²) in [4.78, 5) is 4.36. The molecular formula is C12H11Br2NOS. The summed E-state index contributed by atoms with van der Waals surface area (Å²) in [7, 11) is 0. The second kappa shape index (κ2) is 5.98. The molecule has 90 valence electrons. The first-order valence-corrected chi connectivity index (χ1v) is 7.86. The van der Waals surface area contributed by atoms with E-state index in [4.69, 9.17) is 4.74 Å². The van der Waals surface area contributed by atoms with Crippen LogP contribution in [-0.2, 0) is 11.9 Å². The molecule has 2 rings (SSSR count). The van der Waals surface area contributed by atoms with E-state index in [2.05, 4.69) is 36.8 Å². The number of ether oxygens (including phenoxy) is 1. The normalized spacial score (nSPS) is 10.5. The second-order valence-corrected chi connectivity index (χ2v) is 6.01. The van der Waals surface area contributed by atoms with Crippen LogP contribution in [0.4, 0.5) is 0 Å². The van der Waals surface area contributed by atoms with Crippen LogP contribution < -0.4 is 4.74 Å². The van der Waals surface area contributed by atoms with Crippen LogP contribution in [0.1, 0.15) is 16.3 Å². The lowest BCUT2D eigenvalue weighted by atomic mass is 10.2. The summed E-state index contributed by atoms with van der Waals surface area (Å²) in [6.45, 7) is 2.52. The molecule has 1 heterocycles. The third-order valence-electron chi connectivity index (χ3n) is 2.21. The van der Waals surface area contributed by atoms with Crippen molar-refractivity contribution in [3.8, 4) is 5.75 Å². The average molecular weight is 377 g/mol. The summed E-state index contributed by atoms with van der Waals surface area (Å²) in [5, 5.41) is 3.90. The van der Waals surface area contributed by atoms with Gasteiger partial charge in [0.05, 0.1) is 10.7 Å². The molecule has 0 aliphatic carbocycles. The monoisotopic (exact) mass is 375 g/mol. The molecule has 0 saturated carbocycles. The highest BCUT2D eigenvalue weighted by molar-refractivity contribution is 9.10.